The van der Waals surface area contributed by atoms with E-state index in [-0.39, 0.29) is 24.0 Å². The average Bonchev–Trinajstić information content (AvgIpc) is 3.61. The highest BCUT2D eigenvalue weighted by Crippen LogP contribution is 2.65. The first-order valence-corrected chi connectivity index (χ1v) is 24.3. The number of carbonyl (C=O) groups is 5. The topological polar surface area (TPSA) is 251 Å². The molecule has 2 aliphatic heterocycles. The minimum atomic E-state index is -1.19. The number of nitrogens with two attached hydrogens (primary N) is 2. The summed E-state index contributed by atoms with van der Waals surface area (Å²) in [6.45, 7) is 17.3. The van der Waals surface area contributed by atoms with E-state index in [9.17, 15) is 29.1 Å². The summed E-state index contributed by atoms with van der Waals surface area (Å²) in [5.74, 6) is -3.03. The molecule has 0 aromatic rings. The molecule has 2 saturated heterocycles. The number of amides is 5. The van der Waals surface area contributed by atoms with E-state index in [2.05, 4.69) is 64.5 Å². The van der Waals surface area contributed by atoms with Gasteiger partial charge in [-0.2, -0.15) is 0 Å². The lowest BCUT2D eigenvalue weighted by Crippen LogP contribution is -2.65. The largest absolute Gasteiger partial charge is 0.481 e. The molecule has 3 saturated carbocycles. The van der Waals surface area contributed by atoms with Crippen LogP contribution in [0.25, 0.3) is 0 Å². The molecule has 5 rings (SSSR count). The van der Waals surface area contributed by atoms with Gasteiger partial charge in [0.25, 0.3) is 0 Å². The van der Waals surface area contributed by atoms with Gasteiger partial charge in [-0.05, 0) is 122 Å². The van der Waals surface area contributed by atoms with Gasteiger partial charge in [0.1, 0.15) is 18.1 Å². The van der Waals surface area contributed by atoms with Crippen molar-refractivity contribution in [1.29, 1.82) is 0 Å². The van der Waals surface area contributed by atoms with Gasteiger partial charge in [0.2, 0.25) is 29.5 Å². The van der Waals surface area contributed by atoms with Crippen molar-refractivity contribution in [1.82, 2.24) is 36.8 Å². The molecule has 5 fully saturated rings. The Morgan fingerprint density at radius 1 is 0.810 bits per heavy atom. The molecule has 11 N–H and O–H groups in total. The third-order valence-corrected chi connectivity index (χ3v) is 14.5. The zero-order valence-corrected chi connectivity index (χ0v) is 39.6. The second-order valence-electron chi connectivity index (χ2n) is 19.7. The molecule has 1 unspecified atom stereocenters. The van der Waals surface area contributed by atoms with E-state index in [0.29, 0.717) is 76.5 Å². The Hall–Kier alpha value is -2.87. The van der Waals surface area contributed by atoms with E-state index in [1.54, 1.807) is 0 Å². The van der Waals surface area contributed by atoms with E-state index in [0.717, 1.165) is 32.4 Å². The highest BCUT2D eigenvalue weighted by molar-refractivity contribution is 6.47. The van der Waals surface area contributed by atoms with Gasteiger partial charge < -0.3 is 57.8 Å². The van der Waals surface area contributed by atoms with Crippen LogP contribution < -0.4 is 43.4 Å². The fourth-order valence-electron chi connectivity index (χ4n) is 10.1. The number of nitrogens with zero attached hydrogens (tertiary/aromatic N) is 1. The van der Waals surface area contributed by atoms with Crippen LogP contribution in [-0.4, -0.2) is 140 Å². The Labute approximate surface area is 377 Å². The van der Waals surface area contributed by atoms with Crippen LogP contribution in [0.15, 0.2) is 0 Å². The van der Waals surface area contributed by atoms with Crippen molar-refractivity contribution in [3.8, 4) is 0 Å². The molecule has 5 aliphatic rings. The van der Waals surface area contributed by atoms with Gasteiger partial charge >= 0.3 is 7.12 Å². The van der Waals surface area contributed by atoms with Crippen molar-refractivity contribution in [3.63, 3.8) is 0 Å². The van der Waals surface area contributed by atoms with Crippen LogP contribution in [0.2, 0.25) is 0 Å². The number of hydrogen-bond donors (Lipinski definition) is 9. The van der Waals surface area contributed by atoms with Crippen LogP contribution in [0, 0.1) is 23.2 Å². The maximum absolute atomic E-state index is 13.7. The van der Waals surface area contributed by atoms with Gasteiger partial charge in [0.15, 0.2) is 0 Å². The third kappa shape index (κ3) is 14.6. The molecule has 0 radical (unpaired) electrons. The Kier molecular flexibility index (Phi) is 21.1. The molecule has 0 aromatic carbocycles. The number of aliphatic hydroxyl groups is 1. The van der Waals surface area contributed by atoms with Crippen molar-refractivity contribution in [2.45, 2.75) is 186 Å². The SMILES string of the molecule is CCCCCCCCN1CCNC(C(=O)N[C@@H](CCCCN)C(=O)NC[C@H](C(=O)N[C@@H](C)C(=O)N[C@@H](CCCCN)C(=O)N[C@@H](C)B2O[C@@H]3C[C@@H]4C[C@@H](C4(C)C)[C@]3(C)O2)[C@@H](C)O)C1. The molecule has 17 nitrogen and oxygen atoms in total. The Bertz CT molecular complexity index is 1490. The summed E-state index contributed by atoms with van der Waals surface area (Å²) in [7, 11) is -0.632. The number of aliphatic hydroxyl groups excluding tert-OH is 1. The van der Waals surface area contributed by atoms with Gasteiger partial charge in [-0.15, -0.1) is 0 Å². The first kappa shape index (κ1) is 52.8. The lowest BCUT2D eigenvalue weighted by atomic mass is 9.43. The van der Waals surface area contributed by atoms with Gasteiger partial charge in [0.05, 0.1) is 35.7 Å². The molecule has 18 heteroatoms. The standard InChI is InChI=1S/C45H84BN9O8/c1-8-9-10-11-12-17-23-55-24-22-49-36(28-55)43(61)54-34(18-13-15-20-47)41(59)50-27-33(30(3)56)40(58)51-29(2)39(57)53-35(19-14-16-21-48)42(60)52-31(4)46-62-38-26-32-25-37(44(32,5)6)45(38,7)63-46/h29-38,49,56H,8-28,47-48H2,1-7H3,(H,50,59)(H,51,58)(H,52,60)(H,53,57)(H,54,61)/t29-,30+,31-,32-,33-,34-,35-,36?,37-,38+,45-/m0/s1. The molecule has 0 aromatic heterocycles. The highest BCUT2D eigenvalue weighted by Gasteiger charge is 2.68. The predicted octanol–water partition coefficient (Wildman–Crippen LogP) is 1.24. The van der Waals surface area contributed by atoms with Gasteiger partial charge in [-0.1, -0.05) is 52.9 Å². The van der Waals surface area contributed by atoms with Gasteiger partial charge in [-0.3, -0.25) is 28.9 Å². The van der Waals surface area contributed by atoms with Crippen LogP contribution in [0.5, 0.6) is 0 Å². The molecule has 0 spiro atoms. The maximum Gasteiger partial charge on any atom is 0.481 e. The van der Waals surface area contributed by atoms with Gasteiger partial charge in [0, 0.05) is 26.2 Å². The molecule has 3 aliphatic carbocycles. The van der Waals surface area contributed by atoms with E-state index in [4.69, 9.17) is 20.8 Å². The number of rotatable bonds is 28. The number of nitrogens with one attached hydrogen (secondary N) is 6. The monoisotopic (exact) mass is 890 g/mol. The lowest BCUT2D eigenvalue weighted by molar-refractivity contribution is -0.199. The Morgan fingerprint density at radius 3 is 2.10 bits per heavy atom. The zero-order valence-electron chi connectivity index (χ0n) is 39.6. The summed E-state index contributed by atoms with van der Waals surface area (Å²) in [5.41, 5.74) is 11.2. The quantitative estimate of drug-likeness (QED) is 0.0398. The summed E-state index contributed by atoms with van der Waals surface area (Å²) in [6.07, 6.45) is 11.2. The number of unbranched alkanes of at least 4 members (excludes halogenated alkanes) is 7. The first-order valence-electron chi connectivity index (χ1n) is 24.3. The molecular weight excluding hydrogens is 805 g/mol. The maximum atomic E-state index is 13.7. The van der Waals surface area contributed by atoms with Crippen molar-refractivity contribution < 1.29 is 38.4 Å². The smallest absolute Gasteiger partial charge is 0.404 e. The summed E-state index contributed by atoms with van der Waals surface area (Å²) in [6, 6.07) is -3.34. The fraction of sp³-hybridized carbons (Fsp3) is 0.889. The van der Waals surface area contributed by atoms with Crippen LogP contribution in [0.4, 0.5) is 0 Å². The van der Waals surface area contributed by atoms with Crippen LogP contribution in [0.3, 0.4) is 0 Å². The second-order valence-corrected chi connectivity index (χ2v) is 19.7. The minimum absolute atomic E-state index is 0.0412. The van der Waals surface area contributed by atoms with Crippen LogP contribution >= 0.6 is 0 Å². The van der Waals surface area contributed by atoms with Crippen LogP contribution in [-0.2, 0) is 33.3 Å². The molecule has 63 heavy (non-hydrogen) atoms. The van der Waals surface area contributed by atoms with E-state index >= 15 is 0 Å². The number of hydrogen-bond acceptors (Lipinski definition) is 12. The van der Waals surface area contributed by atoms with Crippen LogP contribution in [0.1, 0.15) is 138 Å². The van der Waals surface area contributed by atoms with Crippen molar-refractivity contribution in [2.75, 3.05) is 45.8 Å². The Balaban J connectivity index is 1.28. The predicted molar refractivity (Wildman–Crippen MR) is 245 cm³/mol. The van der Waals surface area contributed by atoms with E-state index < -0.39 is 78.5 Å². The van der Waals surface area contributed by atoms with E-state index in [1.807, 2.05) is 6.92 Å². The Morgan fingerprint density at radius 2 is 1.46 bits per heavy atom. The summed E-state index contributed by atoms with van der Waals surface area (Å²) >= 11 is 0. The second kappa shape index (κ2) is 25.2. The summed E-state index contributed by atoms with van der Waals surface area (Å²) < 4.78 is 12.9. The first-order chi connectivity index (χ1) is 30.0. The van der Waals surface area contributed by atoms with E-state index in [1.165, 1.54) is 46.0 Å². The third-order valence-electron chi connectivity index (χ3n) is 14.5. The molecule has 5 amide bonds. The van der Waals surface area contributed by atoms with Crippen molar-refractivity contribution >= 4 is 36.7 Å². The molecular formula is C45H84BN9O8. The van der Waals surface area contributed by atoms with Crippen molar-refractivity contribution in [2.24, 2.45) is 34.6 Å². The lowest BCUT2D eigenvalue weighted by Gasteiger charge is -2.64. The number of carbonyl (C=O) groups excluding carboxylic acids is 5. The molecule has 2 heterocycles. The van der Waals surface area contributed by atoms with Crippen molar-refractivity contribution in [3.05, 3.63) is 0 Å². The normalized spacial score (nSPS) is 26.8. The summed E-state index contributed by atoms with van der Waals surface area (Å²) in [4.78, 5) is 70.2. The molecule has 360 valence electrons. The molecule has 2 bridgehead atoms. The van der Waals surface area contributed by atoms with Gasteiger partial charge in [-0.25, -0.2) is 0 Å². The minimum Gasteiger partial charge on any atom is -0.404 e. The summed E-state index contributed by atoms with van der Waals surface area (Å²) in [5, 5.41) is 28.1. The highest BCUT2D eigenvalue weighted by atomic mass is 16.7. The zero-order chi connectivity index (χ0) is 46.3. The molecule has 11 atom stereocenters. The number of piperazine rings is 1. The average molecular weight is 890 g/mol. The fourth-order valence-corrected chi connectivity index (χ4v) is 10.1.